The second-order valence-electron chi connectivity index (χ2n) is 5.85. The van der Waals surface area contributed by atoms with Crippen LogP contribution in [0.4, 0.5) is 0 Å². The fourth-order valence-corrected chi connectivity index (χ4v) is 3.42. The van der Waals surface area contributed by atoms with Crippen LogP contribution in [0, 0.1) is 0 Å². The van der Waals surface area contributed by atoms with Gasteiger partial charge in [-0.2, -0.15) is 11.3 Å². The fraction of sp³-hybridized carbons (Fsp3) is 0.250. The number of carbonyl (C=O) groups excluding carboxylic acids is 1. The molecule has 0 aliphatic carbocycles. The summed E-state index contributed by atoms with van der Waals surface area (Å²) in [5, 5.41) is 17.1. The Morgan fingerprint density at radius 3 is 2.68 bits per heavy atom. The Balaban J connectivity index is 1.60. The van der Waals surface area contributed by atoms with Crippen molar-refractivity contribution in [3.63, 3.8) is 0 Å². The third-order valence-corrected chi connectivity index (χ3v) is 4.84. The molecule has 0 bridgehead atoms. The molecule has 4 nitrogen and oxygen atoms in total. The molecule has 2 heterocycles. The smallest absolute Gasteiger partial charge is 0.227 e. The number of hydrogen-bond donors (Lipinski definition) is 2. The summed E-state index contributed by atoms with van der Waals surface area (Å²) in [7, 11) is 0. The van der Waals surface area contributed by atoms with Crippen molar-refractivity contribution in [2.45, 2.75) is 25.4 Å². The lowest BCUT2D eigenvalue weighted by Gasteiger charge is -2.16. The molecule has 0 spiro atoms. The maximum absolute atomic E-state index is 12.5. The zero-order chi connectivity index (χ0) is 17.6. The van der Waals surface area contributed by atoms with Crippen LogP contribution in [0.3, 0.4) is 0 Å². The zero-order valence-corrected chi connectivity index (χ0v) is 14.8. The van der Waals surface area contributed by atoms with Crippen LogP contribution < -0.4 is 5.32 Å². The molecule has 3 rings (SSSR count). The molecule has 2 unspecified atom stereocenters. The minimum absolute atomic E-state index is 0.0858. The molecule has 0 saturated heterocycles. The van der Waals surface area contributed by atoms with E-state index >= 15 is 0 Å². The summed E-state index contributed by atoms with van der Waals surface area (Å²) < 4.78 is 5.70. The van der Waals surface area contributed by atoms with Crippen LogP contribution in [0.5, 0.6) is 0 Å². The third kappa shape index (κ3) is 4.18. The van der Waals surface area contributed by atoms with E-state index in [0.717, 1.165) is 16.9 Å². The van der Waals surface area contributed by atoms with E-state index in [1.807, 2.05) is 60.1 Å². The van der Waals surface area contributed by atoms with E-state index in [4.69, 9.17) is 4.42 Å². The number of amides is 1. The molecule has 5 heteroatoms. The van der Waals surface area contributed by atoms with Crippen molar-refractivity contribution in [3.05, 3.63) is 70.6 Å². The molecule has 2 aromatic heterocycles. The summed E-state index contributed by atoms with van der Waals surface area (Å²) in [5.74, 6) is 0.871. The summed E-state index contributed by atoms with van der Waals surface area (Å²) in [5.41, 5.74) is 1.97. The first kappa shape index (κ1) is 17.5. The van der Waals surface area contributed by atoms with Gasteiger partial charge in [-0.25, -0.2) is 0 Å². The number of hydrogen-bond acceptors (Lipinski definition) is 4. The first-order chi connectivity index (χ1) is 12.2. The van der Waals surface area contributed by atoms with E-state index in [1.165, 1.54) is 0 Å². The maximum Gasteiger partial charge on any atom is 0.227 e. The number of rotatable bonds is 7. The minimum Gasteiger partial charge on any atom is -0.458 e. The molecule has 2 atom stereocenters. The van der Waals surface area contributed by atoms with E-state index in [0.29, 0.717) is 12.2 Å². The van der Waals surface area contributed by atoms with Gasteiger partial charge in [-0.1, -0.05) is 37.3 Å². The monoisotopic (exact) mass is 355 g/mol. The molecule has 25 heavy (non-hydrogen) atoms. The van der Waals surface area contributed by atoms with E-state index in [1.54, 1.807) is 17.4 Å². The lowest BCUT2D eigenvalue weighted by atomic mass is 9.95. The van der Waals surface area contributed by atoms with Gasteiger partial charge in [0.15, 0.2) is 0 Å². The van der Waals surface area contributed by atoms with Crippen LogP contribution in [0.1, 0.15) is 36.7 Å². The average Bonchev–Trinajstić information content (AvgIpc) is 3.32. The van der Waals surface area contributed by atoms with Gasteiger partial charge in [-0.05, 0) is 35.6 Å². The Kier molecular flexibility index (Phi) is 5.68. The molecule has 130 valence electrons. The van der Waals surface area contributed by atoms with Gasteiger partial charge in [0, 0.05) is 10.9 Å². The van der Waals surface area contributed by atoms with Crippen molar-refractivity contribution in [2.75, 3.05) is 6.54 Å². The summed E-state index contributed by atoms with van der Waals surface area (Å²) in [6.45, 7) is 2.10. The van der Waals surface area contributed by atoms with Crippen LogP contribution >= 0.6 is 11.3 Å². The van der Waals surface area contributed by atoms with Crippen LogP contribution in [0.15, 0.2) is 63.7 Å². The van der Waals surface area contributed by atoms with Crippen LogP contribution in [0.25, 0.3) is 11.3 Å². The predicted octanol–water partition coefficient (Wildman–Crippen LogP) is 4.35. The lowest BCUT2D eigenvalue weighted by Crippen LogP contribution is -2.32. The molecular weight excluding hydrogens is 334 g/mol. The second-order valence-corrected chi connectivity index (χ2v) is 6.63. The Bertz CT molecular complexity index is 795. The molecule has 1 amide bonds. The number of thiophene rings is 1. The van der Waals surface area contributed by atoms with E-state index < -0.39 is 6.10 Å². The zero-order valence-electron chi connectivity index (χ0n) is 14.0. The van der Waals surface area contributed by atoms with Gasteiger partial charge >= 0.3 is 0 Å². The highest BCUT2D eigenvalue weighted by molar-refractivity contribution is 7.08. The Morgan fingerprint density at radius 1 is 1.20 bits per heavy atom. The highest BCUT2D eigenvalue weighted by atomic mass is 32.1. The number of furan rings is 1. The average molecular weight is 355 g/mol. The summed E-state index contributed by atoms with van der Waals surface area (Å²) >= 11 is 1.59. The third-order valence-electron chi connectivity index (χ3n) is 4.16. The van der Waals surface area contributed by atoms with Crippen LogP contribution in [-0.2, 0) is 4.79 Å². The topological polar surface area (TPSA) is 62.5 Å². The van der Waals surface area contributed by atoms with Gasteiger partial charge in [-0.15, -0.1) is 0 Å². The highest BCUT2D eigenvalue weighted by Crippen LogP contribution is 2.27. The number of aliphatic hydroxyl groups excluding tert-OH is 1. The van der Waals surface area contributed by atoms with Gasteiger partial charge in [0.1, 0.15) is 17.6 Å². The first-order valence-corrected chi connectivity index (χ1v) is 9.26. The highest BCUT2D eigenvalue weighted by Gasteiger charge is 2.20. The SMILES string of the molecule is CCC(C(=O)NCC(O)c1ccc(-c2ccsc2)o1)c1ccccc1. The molecule has 3 aromatic rings. The second kappa shape index (κ2) is 8.14. The van der Waals surface area contributed by atoms with Gasteiger partial charge in [-0.3, -0.25) is 4.79 Å². The molecule has 1 aromatic carbocycles. The van der Waals surface area contributed by atoms with Crippen molar-refractivity contribution >= 4 is 17.2 Å². The molecule has 0 radical (unpaired) electrons. The first-order valence-electron chi connectivity index (χ1n) is 8.32. The summed E-state index contributed by atoms with van der Waals surface area (Å²) in [4.78, 5) is 12.5. The quantitative estimate of drug-likeness (QED) is 0.662. The lowest BCUT2D eigenvalue weighted by molar-refractivity contribution is -0.123. The number of nitrogens with one attached hydrogen (secondary N) is 1. The van der Waals surface area contributed by atoms with Gasteiger partial charge in [0.2, 0.25) is 5.91 Å². The molecule has 0 fully saturated rings. The van der Waals surface area contributed by atoms with Gasteiger partial charge < -0.3 is 14.8 Å². The molecule has 0 aliphatic heterocycles. The Morgan fingerprint density at radius 2 is 2.00 bits per heavy atom. The van der Waals surface area contributed by atoms with Crippen molar-refractivity contribution in [2.24, 2.45) is 0 Å². The maximum atomic E-state index is 12.5. The largest absolute Gasteiger partial charge is 0.458 e. The fourth-order valence-electron chi connectivity index (χ4n) is 2.77. The Labute approximate surface area is 151 Å². The van der Waals surface area contributed by atoms with Crippen molar-refractivity contribution in [1.29, 1.82) is 0 Å². The van der Waals surface area contributed by atoms with Gasteiger partial charge in [0.05, 0.1) is 12.5 Å². The molecule has 0 aliphatic rings. The summed E-state index contributed by atoms with van der Waals surface area (Å²) in [6.07, 6.45) is -0.167. The van der Waals surface area contributed by atoms with Crippen LogP contribution in [-0.4, -0.2) is 17.6 Å². The molecular formula is C20H21NO3S. The number of carbonyl (C=O) groups is 1. The van der Waals surface area contributed by atoms with Crippen LogP contribution in [0.2, 0.25) is 0 Å². The van der Waals surface area contributed by atoms with Gasteiger partial charge in [0.25, 0.3) is 0 Å². The Hall–Kier alpha value is -2.37. The van der Waals surface area contributed by atoms with Crippen molar-refractivity contribution in [1.82, 2.24) is 5.32 Å². The van der Waals surface area contributed by atoms with E-state index in [9.17, 15) is 9.90 Å². The molecule has 0 saturated carbocycles. The summed E-state index contributed by atoms with van der Waals surface area (Å²) in [6, 6.07) is 15.2. The predicted molar refractivity (Wildman–Crippen MR) is 99.5 cm³/mol. The van der Waals surface area contributed by atoms with E-state index in [2.05, 4.69) is 5.32 Å². The standard InChI is InChI=1S/C20H21NO3S/c1-2-16(14-6-4-3-5-7-14)20(23)21-12-17(22)19-9-8-18(24-19)15-10-11-25-13-15/h3-11,13,16-17,22H,2,12H2,1H3,(H,21,23). The van der Waals surface area contributed by atoms with Crippen molar-refractivity contribution in [3.8, 4) is 11.3 Å². The number of benzene rings is 1. The van der Waals surface area contributed by atoms with E-state index in [-0.39, 0.29) is 18.4 Å². The number of aliphatic hydroxyl groups is 1. The van der Waals surface area contributed by atoms with Crippen molar-refractivity contribution < 1.29 is 14.3 Å². The minimum atomic E-state index is -0.871. The normalized spacial score (nSPS) is 13.4. The molecule has 2 N–H and O–H groups in total.